The van der Waals surface area contributed by atoms with Gasteiger partial charge in [-0.2, -0.15) is 0 Å². The third-order valence-corrected chi connectivity index (χ3v) is 3.24. The number of benzene rings is 1. The molecule has 0 bridgehead atoms. The fraction of sp³-hybridized carbons (Fsp3) is 0.267. The number of carbonyl (C=O) groups is 1. The van der Waals surface area contributed by atoms with Crippen molar-refractivity contribution < 1.29 is 9.53 Å². The van der Waals surface area contributed by atoms with Crippen molar-refractivity contribution in [2.75, 3.05) is 7.11 Å². The lowest BCUT2D eigenvalue weighted by Crippen LogP contribution is -2.02. The zero-order chi connectivity index (χ0) is 13.3. The van der Waals surface area contributed by atoms with Gasteiger partial charge in [0.15, 0.2) is 6.29 Å². The average molecular weight is 243 g/mol. The van der Waals surface area contributed by atoms with Crippen LogP contribution in [0.25, 0.3) is 5.69 Å². The monoisotopic (exact) mass is 243 g/mol. The third-order valence-electron chi connectivity index (χ3n) is 3.24. The number of methoxy groups -OCH3 is 1. The van der Waals surface area contributed by atoms with Crippen LogP contribution in [0.15, 0.2) is 24.3 Å². The molecule has 0 unspecified atom stereocenters. The maximum Gasteiger partial charge on any atom is 0.151 e. The average Bonchev–Trinajstić information content (AvgIpc) is 2.64. The lowest BCUT2D eigenvalue weighted by Gasteiger charge is -2.13. The van der Waals surface area contributed by atoms with E-state index in [1.54, 1.807) is 7.11 Å². The largest absolute Gasteiger partial charge is 0.497 e. The Labute approximate surface area is 107 Å². The number of hydrogen-bond acceptors (Lipinski definition) is 2. The Morgan fingerprint density at radius 2 is 1.89 bits per heavy atom. The van der Waals surface area contributed by atoms with Crippen LogP contribution in [0.2, 0.25) is 0 Å². The maximum absolute atomic E-state index is 11.0. The van der Waals surface area contributed by atoms with Gasteiger partial charge in [-0.05, 0) is 50.6 Å². The van der Waals surface area contributed by atoms with E-state index in [-0.39, 0.29) is 0 Å². The van der Waals surface area contributed by atoms with E-state index in [4.69, 9.17) is 4.74 Å². The summed E-state index contributed by atoms with van der Waals surface area (Å²) in [5.41, 5.74) is 4.97. The number of ether oxygens (including phenoxy) is 1. The van der Waals surface area contributed by atoms with Crippen LogP contribution in [0.3, 0.4) is 0 Å². The number of aryl methyl sites for hydroxylation is 2. The second-order valence-corrected chi connectivity index (χ2v) is 4.43. The van der Waals surface area contributed by atoms with E-state index in [9.17, 15) is 4.79 Å². The summed E-state index contributed by atoms with van der Waals surface area (Å²) in [6.45, 7) is 6.00. The van der Waals surface area contributed by atoms with Crippen molar-refractivity contribution in [1.29, 1.82) is 0 Å². The molecular weight excluding hydrogens is 226 g/mol. The SMILES string of the molecule is COc1ccc(-n2c(C)cc(C=O)c2C)c(C)c1. The summed E-state index contributed by atoms with van der Waals surface area (Å²) in [5.74, 6) is 0.842. The Hall–Kier alpha value is -2.03. The predicted octanol–water partition coefficient (Wildman–Crippen LogP) is 3.22. The van der Waals surface area contributed by atoms with Gasteiger partial charge in [0.1, 0.15) is 5.75 Å². The Morgan fingerprint density at radius 1 is 1.17 bits per heavy atom. The Kier molecular flexibility index (Phi) is 3.24. The molecule has 0 N–H and O–H groups in total. The number of nitrogens with zero attached hydrogens (tertiary/aromatic N) is 1. The first-order valence-corrected chi connectivity index (χ1v) is 5.87. The quantitative estimate of drug-likeness (QED) is 0.775. The molecule has 2 aromatic rings. The summed E-state index contributed by atoms with van der Waals surface area (Å²) in [6.07, 6.45) is 0.900. The second-order valence-electron chi connectivity index (χ2n) is 4.43. The van der Waals surface area contributed by atoms with Gasteiger partial charge in [0, 0.05) is 22.6 Å². The number of carbonyl (C=O) groups excluding carboxylic acids is 1. The summed E-state index contributed by atoms with van der Waals surface area (Å²) < 4.78 is 7.30. The predicted molar refractivity (Wildman–Crippen MR) is 71.9 cm³/mol. The van der Waals surface area contributed by atoms with E-state index < -0.39 is 0 Å². The van der Waals surface area contributed by atoms with Crippen molar-refractivity contribution in [2.24, 2.45) is 0 Å². The van der Waals surface area contributed by atoms with Gasteiger partial charge in [-0.25, -0.2) is 0 Å². The molecule has 18 heavy (non-hydrogen) atoms. The van der Waals surface area contributed by atoms with Gasteiger partial charge in [-0.15, -0.1) is 0 Å². The molecule has 0 fully saturated rings. The molecule has 0 aliphatic rings. The van der Waals surface area contributed by atoms with Gasteiger partial charge >= 0.3 is 0 Å². The molecule has 0 amide bonds. The standard InChI is InChI=1S/C15H17NO2/c1-10-7-14(18-4)5-6-15(10)16-11(2)8-13(9-17)12(16)3/h5-9H,1-4H3. The van der Waals surface area contributed by atoms with Crippen molar-refractivity contribution in [3.8, 4) is 11.4 Å². The molecule has 0 aliphatic heterocycles. The first kappa shape index (κ1) is 12.4. The minimum Gasteiger partial charge on any atom is -0.497 e. The number of rotatable bonds is 3. The smallest absolute Gasteiger partial charge is 0.151 e. The van der Waals surface area contributed by atoms with Crippen LogP contribution in [0, 0.1) is 20.8 Å². The summed E-state index contributed by atoms with van der Waals surface area (Å²) in [5, 5.41) is 0. The highest BCUT2D eigenvalue weighted by Crippen LogP contribution is 2.25. The van der Waals surface area contributed by atoms with Crippen molar-refractivity contribution in [1.82, 2.24) is 4.57 Å². The molecule has 0 spiro atoms. The Balaban J connectivity index is 2.62. The van der Waals surface area contributed by atoms with Crippen LogP contribution in [0.5, 0.6) is 5.75 Å². The minimum atomic E-state index is 0.739. The highest BCUT2D eigenvalue weighted by Gasteiger charge is 2.11. The van der Waals surface area contributed by atoms with Crippen LogP contribution in [0.1, 0.15) is 27.3 Å². The summed E-state index contributed by atoms with van der Waals surface area (Å²) in [7, 11) is 1.66. The van der Waals surface area contributed by atoms with Gasteiger partial charge in [0.05, 0.1) is 7.11 Å². The minimum absolute atomic E-state index is 0.739. The second kappa shape index (κ2) is 4.69. The topological polar surface area (TPSA) is 31.2 Å². The highest BCUT2D eigenvalue weighted by atomic mass is 16.5. The van der Waals surface area contributed by atoms with E-state index >= 15 is 0 Å². The van der Waals surface area contributed by atoms with E-state index in [0.29, 0.717) is 0 Å². The molecule has 0 saturated heterocycles. The molecule has 0 radical (unpaired) electrons. The van der Waals surface area contributed by atoms with Crippen LogP contribution in [0.4, 0.5) is 0 Å². The molecule has 3 heteroatoms. The highest BCUT2D eigenvalue weighted by molar-refractivity contribution is 5.77. The molecule has 1 aromatic carbocycles. The first-order valence-electron chi connectivity index (χ1n) is 5.87. The molecule has 2 rings (SSSR count). The van der Waals surface area contributed by atoms with Crippen molar-refractivity contribution in [2.45, 2.75) is 20.8 Å². The lowest BCUT2D eigenvalue weighted by molar-refractivity contribution is 0.112. The van der Waals surface area contributed by atoms with Crippen molar-refractivity contribution in [3.05, 3.63) is 46.8 Å². The van der Waals surface area contributed by atoms with Crippen LogP contribution < -0.4 is 4.74 Å². The van der Waals surface area contributed by atoms with Crippen LogP contribution in [-0.4, -0.2) is 18.0 Å². The summed E-state index contributed by atoms with van der Waals surface area (Å²) in [4.78, 5) is 11.0. The van der Waals surface area contributed by atoms with E-state index in [1.807, 2.05) is 45.0 Å². The fourth-order valence-electron chi connectivity index (χ4n) is 2.28. The number of aldehydes is 1. The Bertz CT molecular complexity index is 597. The summed E-state index contributed by atoms with van der Waals surface area (Å²) >= 11 is 0. The molecule has 1 heterocycles. The molecular formula is C15H17NO2. The number of hydrogen-bond donors (Lipinski definition) is 0. The molecule has 0 saturated carbocycles. The van der Waals surface area contributed by atoms with E-state index in [2.05, 4.69) is 4.57 Å². The fourth-order valence-corrected chi connectivity index (χ4v) is 2.28. The Morgan fingerprint density at radius 3 is 2.39 bits per heavy atom. The zero-order valence-electron chi connectivity index (χ0n) is 11.2. The molecule has 1 aromatic heterocycles. The van der Waals surface area contributed by atoms with E-state index in [1.165, 1.54) is 0 Å². The lowest BCUT2D eigenvalue weighted by atomic mass is 10.2. The van der Waals surface area contributed by atoms with Gasteiger partial charge in [0.25, 0.3) is 0 Å². The van der Waals surface area contributed by atoms with Gasteiger partial charge in [0.2, 0.25) is 0 Å². The van der Waals surface area contributed by atoms with Crippen molar-refractivity contribution in [3.63, 3.8) is 0 Å². The molecule has 3 nitrogen and oxygen atoms in total. The maximum atomic E-state index is 11.0. The molecule has 0 aliphatic carbocycles. The zero-order valence-corrected chi connectivity index (χ0v) is 11.2. The van der Waals surface area contributed by atoms with E-state index in [0.717, 1.165) is 40.2 Å². The first-order chi connectivity index (χ1) is 8.58. The van der Waals surface area contributed by atoms with Crippen LogP contribution >= 0.6 is 0 Å². The van der Waals surface area contributed by atoms with Gasteiger partial charge in [-0.3, -0.25) is 4.79 Å². The number of aromatic nitrogens is 1. The third kappa shape index (κ3) is 1.92. The summed E-state index contributed by atoms with van der Waals surface area (Å²) in [6, 6.07) is 7.85. The normalized spacial score (nSPS) is 10.4. The molecule has 94 valence electrons. The van der Waals surface area contributed by atoms with Crippen LogP contribution in [-0.2, 0) is 0 Å². The van der Waals surface area contributed by atoms with Gasteiger partial charge in [-0.1, -0.05) is 0 Å². The van der Waals surface area contributed by atoms with Gasteiger partial charge < -0.3 is 9.30 Å². The van der Waals surface area contributed by atoms with Crippen molar-refractivity contribution >= 4 is 6.29 Å². The molecule has 0 atom stereocenters.